The Kier molecular flexibility index (Phi) is 9.13. The fourth-order valence-electron chi connectivity index (χ4n) is 3.44. The van der Waals surface area contributed by atoms with Crippen LogP contribution in [0.2, 0.25) is 0 Å². The Labute approximate surface area is 207 Å². The van der Waals surface area contributed by atoms with Gasteiger partial charge in [-0.2, -0.15) is 0 Å². The zero-order chi connectivity index (χ0) is 25.4. The molecule has 0 radical (unpaired) electrons. The number of nitrogens with zero attached hydrogens (tertiary/aromatic N) is 1. The van der Waals surface area contributed by atoms with Crippen molar-refractivity contribution in [1.29, 1.82) is 0 Å². The number of hydrogen-bond donors (Lipinski definition) is 1. The van der Waals surface area contributed by atoms with Gasteiger partial charge in [0.1, 0.15) is 11.5 Å². The summed E-state index contributed by atoms with van der Waals surface area (Å²) in [5.41, 5.74) is 2.24. The lowest BCUT2D eigenvalue weighted by Crippen LogP contribution is -2.30. The van der Waals surface area contributed by atoms with Crippen LogP contribution in [0.4, 0.5) is 0 Å². The Morgan fingerprint density at radius 1 is 0.943 bits per heavy atom. The van der Waals surface area contributed by atoms with Gasteiger partial charge in [0.2, 0.25) is 11.8 Å². The molecule has 0 unspecified atom stereocenters. The summed E-state index contributed by atoms with van der Waals surface area (Å²) in [6.07, 6.45) is 0.607. The largest absolute Gasteiger partial charge is 0.493 e. The van der Waals surface area contributed by atoms with Gasteiger partial charge in [0.05, 0.1) is 39.9 Å². The van der Waals surface area contributed by atoms with Crippen LogP contribution in [0, 0.1) is 6.92 Å². The van der Waals surface area contributed by atoms with E-state index in [1.807, 2.05) is 18.2 Å². The fraction of sp³-hybridized carbons (Fsp3) is 0.360. The van der Waals surface area contributed by atoms with Gasteiger partial charge in [0.15, 0.2) is 23.0 Å². The third kappa shape index (κ3) is 6.75. The molecule has 0 aliphatic carbocycles. The second-order valence-corrected chi connectivity index (χ2v) is 9.07. The van der Waals surface area contributed by atoms with Crippen molar-refractivity contribution in [3.63, 3.8) is 0 Å². The number of rotatable bonds is 12. The van der Waals surface area contributed by atoms with Gasteiger partial charge in [-0.15, -0.1) is 0 Å². The molecule has 1 atom stereocenters. The van der Waals surface area contributed by atoms with Crippen molar-refractivity contribution in [2.24, 2.45) is 0 Å². The molecule has 2 aromatic carbocycles. The summed E-state index contributed by atoms with van der Waals surface area (Å²) in [6.45, 7) is 2.17. The summed E-state index contributed by atoms with van der Waals surface area (Å²) in [6, 6.07) is 10.9. The lowest BCUT2D eigenvalue weighted by Gasteiger charge is -2.10. The van der Waals surface area contributed by atoms with Gasteiger partial charge >= 0.3 is 0 Å². The van der Waals surface area contributed by atoms with Gasteiger partial charge in [0.25, 0.3) is 0 Å². The average molecular weight is 503 g/mol. The second kappa shape index (κ2) is 12.3. The van der Waals surface area contributed by atoms with Crippen molar-refractivity contribution in [2.75, 3.05) is 40.7 Å². The molecular formula is C25H30N2O7S. The third-order valence-corrected chi connectivity index (χ3v) is 6.48. The number of carbonyl (C=O) groups is 1. The standard InChI is InChI=1S/C25H30N2O7S/c1-16-19(27-25(34-16)18-7-9-21(31-3)23(13-18)33-5)14-35(29)15-24(28)26-11-10-17-6-8-20(30-2)22(12-17)32-4/h6-9,12-13H,10-11,14-15H2,1-5H3,(H,26,28)/t35-/m0/s1. The molecule has 9 nitrogen and oxygen atoms in total. The molecule has 1 aromatic heterocycles. The zero-order valence-corrected chi connectivity index (χ0v) is 21.3. The Hall–Kier alpha value is -3.53. The first-order chi connectivity index (χ1) is 16.9. The zero-order valence-electron chi connectivity index (χ0n) is 20.5. The number of hydrogen-bond acceptors (Lipinski definition) is 8. The highest BCUT2D eigenvalue weighted by atomic mass is 32.2. The molecule has 0 fully saturated rings. The van der Waals surface area contributed by atoms with Gasteiger partial charge in [-0.1, -0.05) is 6.07 Å². The first-order valence-electron chi connectivity index (χ1n) is 10.9. The summed E-state index contributed by atoms with van der Waals surface area (Å²) < 4.78 is 39.5. The molecule has 3 aromatic rings. The van der Waals surface area contributed by atoms with Gasteiger partial charge in [-0.3, -0.25) is 9.00 Å². The molecule has 1 heterocycles. The minimum Gasteiger partial charge on any atom is -0.493 e. The summed E-state index contributed by atoms with van der Waals surface area (Å²) in [7, 11) is 4.83. The highest BCUT2D eigenvalue weighted by Gasteiger charge is 2.17. The van der Waals surface area contributed by atoms with Crippen LogP contribution in [0.5, 0.6) is 23.0 Å². The molecule has 0 saturated carbocycles. The first kappa shape index (κ1) is 26.1. The van der Waals surface area contributed by atoms with Crippen LogP contribution in [-0.2, 0) is 27.8 Å². The maximum atomic E-state index is 12.6. The molecule has 0 aliphatic heterocycles. The number of ether oxygens (including phenoxy) is 4. The average Bonchev–Trinajstić information content (AvgIpc) is 3.22. The van der Waals surface area contributed by atoms with E-state index in [-0.39, 0.29) is 17.4 Å². The van der Waals surface area contributed by atoms with Crippen LogP contribution in [0.1, 0.15) is 17.0 Å². The quantitative estimate of drug-likeness (QED) is 0.402. The molecule has 1 N–H and O–H groups in total. The molecule has 3 rings (SSSR count). The molecule has 0 saturated heterocycles. The number of aryl methyl sites for hydroxylation is 1. The number of carbonyl (C=O) groups excluding carboxylic acids is 1. The number of oxazole rings is 1. The Bertz CT molecular complexity index is 1190. The third-order valence-electron chi connectivity index (χ3n) is 5.30. The Morgan fingerprint density at radius 2 is 1.57 bits per heavy atom. The predicted molar refractivity (Wildman–Crippen MR) is 133 cm³/mol. The number of aromatic nitrogens is 1. The summed E-state index contributed by atoms with van der Waals surface area (Å²) in [5, 5.41) is 2.81. The summed E-state index contributed by atoms with van der Waals surface area (Å²) in [4.78, 5) is 16.8. The molecule has 0 spiro atoms. The van der Waals surface area contributed by atoms with Crippen LogP contribution in [0.25, 0.3) is 11.5 Å². The minimum absolute atomic E-state index is 0.117. The smallest absolute Gasteiger partial charge is 0.232 e. The van der Waals surface area contributed by atoms with Crippen LogP contribution < -0.4 is 24.3 Å². The highest BCUT2D eigenvalue weighted by molar-refractivity contribution is 7.84. The van der Waals surface area contributed by atoms with Gasteiger partial charge in [-0.25, -0.2) is 4.98 Å². The topological polar surface area (TPSA) is 109 Å². The predicted octanol–water partition coefficient (Wildman–Crippen LogP) is 3.29. The maximum Gasteiger partial charge on any atom is 0.232 e. The summed E-state index contributed by atoms with van der Waals surface area (Å²) in [5.74, 6) is 3.07. The lowest BCUT2D eigenvalue weighted by molar-refractivity contribution is -0.118. The van der Waals surface area contributed by atoms with E-state index in [0.717, 1.165) is 5.56 Å². The van der Waals surface area contributed by atoms with E-state index in [1.54, 1.807) is 53.6 Å². The van der Waals surface area contributed by atoms with Crippen molar-refractivity contribution >= 4 is 16.7 Å². The van der Waals surface area contributed by atoms with Crippen LogP contribution >= 0.6 is 0 Å². The fourth-order valence-corrected chi connectivity index (χ4v) is 4.51. The van der Waals surface area contributed by atoms with Gasteiger partial charge in [-0.05, 0) is 49.2 Å². The van der Waals surface area contributed by atoms with Crippen LogP contribution in [0.15, 0.2) is 40.8 Å². The molecule has 0 aliphatic rings. The minimum atomic E-state index is -1.44. The molecule has 35 heavy (non-hydrogen) atoms. The van der Waals surface area contributed by atoms with E-state index in [2.05, 4.69) is 10.3 Å². The Morgan fingerprint density at radius 3 is 2.23 bits per heavy atom. The number of benzene rings is 2. The van der Waals surface area contributed by atoms with Crippen molar-refractivity contribution in [3.05, 3.63) is 53.4 Å². The van der Waals surface area contributed by atoms with E-state index in [9.17, 15) is 9.00 Å². The maximum absolute atomic E-state index is 12.6. The van der Waals surface area contributed by atoms with E-state index in [0.29, 0.717) is 58.9 Å². The van der Waals surface area contributed by atoms with Crippen LogP contribution in [-0.4, -0.2) is 55.8 Å². The van der Waals surface area contributed by atoms with Crippen molar-refractivity contribution < 1.29 is 32.4 Å². The lowest BCUT2D eigenvalue weighted by atomic mass is 10.1. The van der Waals surface area contributed by atoms with Crippen molar-refractivity contribution in [1.82, 2.24) is 10.3 Å². The normalized spacial score (nSPS) is 11.6. The van der Waals surface area contributed by atoms with Crippen LogP contribution in [0.3, 0.4) is 0 Å². The van der Waals surface area contributed by atoms with Gasteiger partial charge in [0, 0.05) is 22.9 Å². The molecule has 10 heteroatoms. The Balaban J connectivity index is 1.53. The summed E-state index contributed by atoms with van der Waals surface area (Å²) >= 11 is 0. The SMILES string of the molecule is COc1ccc(CCNC(=O)C[S@@](=O)Cc2nc(-c3ccc(OC)c(OC)c3)oc2C)cc1OC. The highest BCUT2D eigenvalue weighted by Crippen LogP contribution is 2.33. The number of amides is 1. The van der Waals surface area contributed by atoms with E-state index in [1.165, 1.54) is 0 Å². The van der Waals surface area contributed by atoms with Crippen molar-refractivity contribution in [2.45, 2.75) is 19.1 Å². The molecule has 0 bridgehead atoms. The second-order valence-electron chi connectivity index (χ2n) is 7.61. The monoisotopic (exact) mass is 502 g/mol. The van der Waals surface area contributed by atoms with Gasteiger partial charge < -0.3 is 28.7 Å². The molecule has 188 valence electrons. The van der Waals surface area contributed by atoms with Crippen molar-refractivity contribution in [3.8, 4) is 34.5 Å². The molecule has 1 amide bonds. The van der Waals surface area contributed by atoms with E-state index in [4.69, 9.17) is 23.4 Å². The molecular weight excluding hydrogens is 472 g/mol. The first-order valence-corrected chi connectivity index (χ1v) is 12.4. The number of nitrogens with one attached hydrogen (secondary N) is 1. The number of methoxy groups -OCH3 is 4. The van der Waals surface area contributed by atoms with E-state index >= 15 is 0 Å². The van der Waals surface area contributed by atoms with E-state index < -0.39 is 10.8 Å².